The second-order valence-corrected chi connectivity index (χ2v) is 10.9. The van der Waals surface area contributed by atoms with Crippen LogP contribution < -0.4 is 20.9 Å². The van der Waals surface area contributed by atoms with Gasteiger partial charge in [-0.25, -0.2) is 14.4 Å². The second kappa shape index (κ2) is 18.8. The van der Waals surface area contributed by atoms with Crippen LogP contribution in [0.15, 0.2) is 66.7 Å². The Bertz CT molecular complexity index is 1420. The van der Waals surface area contributed by atoms with Crippen LogP contribution in [0.2, 0.25) is 0 Å². The predicted molar refractivity (Wildman–Crippen MR) is 176 cm³/mol. The molecule has 0 aliphatic carbocycles. The largest absolute Gasteiger partial charge is 0.494 e. The monoisotopic (exact) mass is 616 g/mol. The van der Waals surface area contributed by atoms with Gasteiger partial charge in [-0.05, 0) is 91.4 Å². The quantitative estimate of drug-likeness (QED) is 0.0409. The summed E-state index contributed by atoms with van der Waals surface area (Å²) in [5.41, 5.74) is 14.4. The van der Waals surface area contributed by atoms with Crippen molar-refractivity contribution in [3.8, 4) is 11.5 Å². The molecule has 0 fully saturated rings. The number of rotatable bonds is 19. The van der Waals surface area contributed by atoms with Gasteiger partial charge in [0.2, 0.25) is 0 Å². The van der Waals surface area contributed by atoms with E-state index < -0.39 is 17.9 Å². The fourth-order valence-electron chi connectivity index (χ4n) is 4.74. The Morgan fingerprint density at radius 1 is 0.778 bits per heavy atom. The fourth-order valence-corrected chi connectivity index (χ4v) is 4.74. The number of carbonyl (C=O) groups is 3. The van der Waals surface area contributed by atoms with Crippen molar-refractivity contribution in [3.63, 3.8) is 0 Å². The maximum atomic E-state index is 12.4. The van der Waals surface area contributed by atoms with E-state index in [0.29, 0.717) is 47.9 Å². The topological polar surface area (TPSA) is 151 Å². The summed E-state index contributed by atoms with van der Waals surface area (Å²) in [6, 6.07) is 16.8. The second-order valence-electron chi connectivity index (χ2n) is 10.9. The molecule has 9 heteroatoms. The fraction of sp³-hybridized carbons (Fsp3) is 0.361. The van der Waals surface area contributed by atoms with Crippen LogP contribution >= 0.6 is 0 Å². The van der Waals surface area contributed by atoms with Gasteiger partial charge in [-0.2, -0.15) is 0 Å². The molecule has 0 aromatic heterocycles. The molecule has 0 saturated carbocycles. The van der Waals surface area contributed by atoms with Gasteiger partial charge in [-0.15, -0.1) is 0 Å². The summed E-state index contributed by atoms with van der Waals surface area (Å²) in [5, 5.41) is 9.41. The van der Waals surface area contributed by atoms with E-state index in [1.165, 1.54) is 25.0 Å². The molecule has 0 aliphatic rings. The van der Waals surface area contributed by atoms with Gasteiger partial charge in [0.15, 0.2) is 0 Å². The summed E-state index contributed by atoms with van der Waals surface area (Å²) in [6.07, 6.45) is 12.3. The molecule has 3 rings (SSSR count). The summed E-state index contributed by atoms with van der Waals surface area (Å²) in [5.74, 6) is -0.774. The number of anilines is 2. The van der Waals surface area contributed by atoms with Crippen LogP contribution in [0, 0.1) is 0 Å². The number of nitrogens with two attached hydrogens (primary N) is 2. The Kier molecular flexibility index (Phi) is 14.5. The lowest BCUT2D eigenvalue weighted by Gasteiger charge is -2.11. The molecule has 3 aromatic carbocycles. The number of ether oxygens (including phenoxy) is 3. The lowest BCUT2D eigenvalue weighted by molar-refractivity contribution is -0.128. The van der Waals surface area contributed by atoms with E-state index in [-0.39, 0.29) is 5.56 Å². The minimum Gasteiger partial charge on any atom is -0.494 e. The van der Waals surface area contributed by atoms with E-state index in [1.807, 2.05) is 0 Å². The molecule has 0 radical (unpaired) electrons. The van der Waals surface area contributed by atoms with Crippen LogP contribution in [0.5, 0.6) is 11.5 Å². The van der Waals surface area contributed by atoms with E-state index in [1.54, 1.807) is 60.7 Å². The molecule has 3 aromatic rings. The van der Waals surface area contributed by atoms with E-state index >= 15 is 0 Å². The van der Waals surface area contributed by atoms with Crippen molar-refractivity contribution < 1.29 is 33.7 Å². The maximum absolute atomic E-state index is 12.4. The highest BCUT2D eigenvalue weighted by atomic mass is 16.5. The van der Waals surface area contributed by atoms with Crippen molar-refractivity contribution >= 4 is 35.4 Å². The van der Waals surface area contributed by atoms with Crippen LogP contribution in [0.3, 0.4) is 0 Å². The number of hydrogen-bond donors (Lipinski definition) is 3. The zero-order valence-electron chi connectivity index (χ0n) is 26.0. The average molecular weight is 617 g/mol. The number of aromatic carboxylic acids is 1. The molecule has 0 spiro atoms. The number of benzene rings is 3. The lowest BCUT2D eigenvalue weighted by atomic mass is 9.98. The first-order valence-corrected chi connectivity index (χ1v) is 15.6. The van der Waals surface area contributed by atoms with E-state index in [9.17, 15) is 19.5 Å². The zero-order valence-corrected chi connectivity index (χ0v) is 26.0. The molecule has 240 valence electrons. The van der Waals surface area contributed by atoms with Gasteiger partial charge >= 0.3 is 17.9 Å². The molecule has 0 heterocycles. The highest BCUT2D eigenvalue weighted by molar-refractivity contribution is 5.93. The number of carboxylic acids is 1. The Morgan fingerprint density at radius 2 is 1.42 bits per heavy atom. The van der Waals surface area contributed by atoms with Gasteiger partial charge in [0.25, 0.3) is 0 Å². The molecule has 0 saturated heterocycles. The Hall–Kier alpha value is -4.79. The van der Waals surface area contributed by atoms with Crippen LogP contribution in [-0.4, -0.2) is 36.2 Å². The van der Waals surface area contributed by atoms with Crippen molar-refractivity contribution in [3.05, 3.63) is 89.0 Å². The van der Waals surface area contributed by atoms with Crippen molar-refractivity contribution in [2.45, 2.75) is 71.1 Å². The summed E-state index contributed by atoms with van der Waals surface area (Å²) < 4.78 is 16.5. The summed E-state index contributed by atoms with van der Waals surface area (Å²) in [7, 11) is 0. The first-order valence-electron chi connectivity index (χ1n) is 15.6. The summed E-state index contributed by atoms with van der Waals surface area (Å²) in [6.45, 7) is 3.15. The molecule has 5 N–H and O–H groups in total. The Balaban J connectivity index is 1.30. The van der Waals surface area contributed by atoms with Gasteiger partial charge in [0, 0.05) is 17.5 Å². The van der Waals surface area contributed by atoms with Gasteiger partial charge < -0.3 is 30.8 Å². The minimum absolute atomic E-state index is 0.155. The average Bonchev–Trinajstić information content (AvgIpc) is 3.02. The summed E-state index contributed by atoms with van der Waals surface area (Å²) in [4.78, 5) is 36.1. The van der Waals surface area contributed by atoms with Crippen LogP contribution in [0.25, 0.3) is 6.08 Å². The minimum atomic E-state index is -1.03. The lowest BCUT2D eigenvalue weighted by Crippen LogP contribution is -2.08. The Morgan fingerprint density at radius 3 is 2.13 bits per heavy atom. The number of hydrogen-bond acceptors (Lipinski definition) is 8. The SMILES string of the molecule is CCCCCCOc1ccc(OC(=O)/C=C/c2ccc(C(=O)OCCCCCCCc3c(N)cc(N)cc3C(=O)O)cc2)cc1. The predicted octanol–water partition coefficient (Wildman–Crippen LogP) is 7.48. The first-order chi connectivity index (χ1) is 21.8. The molecule has 0 atom stereocenters. The van der Waals surface area contributed by atoms with E-state index in [0.717, 1.165) is 56.3 Å². The van der Waals surface area contributed by atoms with Crippen molar-refractivity contribution in [1.29, 1.82) is 0 Å². The van der Waals surface area contributed by atoms with Crippen LogP contribution in [0.1, 0.15) is 96.6 Å². The van der Waals surface area contributed by atoms with Crippen LogP contribution in [-0.2, 0) is 16.0 Å². The normalized spacial score (nSPS) is 11.0. The van der Waals surface area contributed by atoms with E-state index in [4.69, 9.17) is 25.7 Å². The maximum Gasteiger partial charge on any atom is 0.338 e. The Labute approximate surface area is 265 Å². The van der Waals surface area contributed by atoms with Crippen molar-refractivity contribution in [2.75, 3.05) is 24.7 Å². The molecule has 45 heavy (non-hydrogen) atoms. The molecule has 0 amide bonds. The highest BCUT2D eigenvalue weighted by Gasteiger charge is 2.14. The number of carbonyl (C=O) groups excluding carboxylic acids is 2. The zero-order chi connectivity index (χ0) is 32.4. The molecule has 9 nitrogen and oxygen atoms in total. The van der Waals surface area contributed by atoms with Gasteiger partial charge in [0.1, 0.15) is 11.5 Å². The number of carboxylic acid groups (broad SMARTS) is 1. The third-order valence-electron chi connectivity index (χ3n) is 7.21. The number of esters is 2. The van der Waals surface area contributed by atoms with E-state index in [2.05, 4.69) is 6.92 Å². The number of unbranched alkanes of at least 4 members (excludes halogenated alkanes) is 7. The molecule has 0 unspecified atom stereocenters. The molecule has 0 aliphatic heterocycles. The first kappa shape index (κ1) is 34.7. The van der Waals surface area contributed by atoms with Crippen molar-refractivity contribution in [1.82, 2.24) is 0 Å². The van der Waals surface area contributed by atoms with Gasteiger partial charge in [-0.1, -0.05) is 57.6 Å². The molecular formula is C36H44N2O7. The highest BCUT2D eigenvalue weighted by Crippen LogP contribution is 2.24. The van der Waals surface area contributed by atoms with Crippen molar-refractivity contribution in [2.24, 2.45) is 0 Å². The van der Waals surface area contributed by atoms with Gasteiger partial charge in [0.05, 0.1) is 24.3 Å². The van der Waals surface area contributed by atoms with Gasteiger partial charge in [-0.3, -0.25) is 0 Å². The molecular weight excluding hydrogens is 572 g/mol. The smallest absolute Gasteiger partial charge is 0.338 e. The third-order valence-corrected chi connectivity index (χ3v) is 7.21. The third kappa shape index (κ3) is 12.4. The summed E-state index contributed by atoms with van der Waals surface area (Å²) >= 11 is 0. The number of nitrogen functional groups attached to an aromatic ring is 2. The standard InChI is InChI=1S/C36H44N2O7/c1-2-3-4-9-22-43-29-17-19-30(20-18-29)45-34(39)21-14-26-12-15-27(16-13-26)36(42)44-23-10-7-5-6-8-11-31-32(35(40)41)24-28(37)25-33(31)38/h12-21,24-25H,2-11,22-23,37-38H2,1H3,(H,40,41)/b21-14+. The van der Waals surface area contributed by atoms with Crippen LogP contribution in [0.4, 0.5) is 11.4 Å². The molecule has 0 bridgehead atoms.